The Kier molecular flexibility index (Phi) is 6.03. The first-order valence-electron chi connectivity index (χ1n) is 8.77. The van der Waals surface area contributed by atoms with Crippen LogP contribution in [0.4, 0.5) is 5.69 Å². The molecule has 0 saturated carbocycles. The number of nitrogens with one attached hydrogen (secondary N) is 2. The quantitative estimate of drug-likeness (QED) is 0.623. The lowest BCUT2D eigenvalue weighted by atomic mass is 10.2. The highest BCUT2D eigenvalue weighted by molar-refractivity contribution is 6.04. The number of methoxy groups -OCH3 is 1. The first-order valence-corrected chi connectivity index (χ1v) is 8.77. The van der Waals surface area contributed by atoms with Gasteiger partial charge in [0.05, 0.1) is 12.8 Å². The zero-order valence-electron chi connectivity index (χ0n) is 15.9. The van der Waals surface area contributed by atoms with Crippen molar-refractivity contribution >= 4 is 23.5 Å². The third-order valence-corrected chi connectivity index (χ3v) is 4.03. The summed E-state index contributed by atoms with van der Waals surface area (Å²) in [5, 5.41) is 5.13. The molecule has 0 bridgehead atoms. The maximum absolute atomic E-state index is 12.6. The van der Waals surface area contributed by atoms with E-state index >= 15 is 0 Å². The number of anilines is 1. The molecule has 0 fully saturated rings. The lowest BCUT2D eigenvalue weighted by molar-refractivity contribution is -0.139. The Bertz CT molecular complexity index is 1040. The molecule has 0 radical (unpaired) electrons. The van der Waals surface area contributed by atoms with Crippen LogP contribution in [0.1, 0.15) is 26.6 Å². The van der Waals surface area contributed by atoms with E-state index in [1.165, 1.54) is 13.2 Å². The Labute approximate surface area is 166 Å². The van der Waals surface area contributed by atoms with Crippen LogP contribution in [0.3, 0.4) is 0 Å². The standard InChI is InChI=1S/C21H19N3O5/c1-13-18(29-21(23-13)14-7-4-3-5-8-14)20(27)24-16-10-6-9-15(11-16)19(26)22-12-17(25)28-2/h3-11H,12H2,1-2H3,(H,22,26)(H,24,27). The van der Waals surface area contributed by atoms with Gasteiger partial charge in [0.1, 0.15) is 6.54 Å². The summed E-state index contributed by atoms with van der Waals surface area (Å²) in [6, 6.07) is 15.6. The van der Waals surface area contributed by atoms with Gasteiger partial charge in [0.15, 0.2) is 0 Å². The van der Waals surface area contributed by atoms with Crippen molar-refractivity contribution in [2.75, 3.05) is 19.0 Å². The average Bonchev–Trinajstić information content (AvgIpc) is 3.14. The minimum atomic E-state index is -0.558. The van der Waals surface area contributed by atoms with Crippen molar-refractivity contribution in [1.29, 1.82) is 0 Å². The highest BCUT2D eigenvalue weighted by atomic mass is 16.5. The molecule has 2 N–H and O–H groups in total. The number of benzene rings is 2. The molecule has 0 aliphatic carbocycles. The number of carbonyl (C=O) groups excluding carboxylic acids is 3. The molecule has 3 aromatic rings. The lowest BCUT2D eigenvalue weighted by Crippen LogP contribution is -2.30. The van der Waals surface area contributed by atoms with Gasteiger partial charge in [0, 0.05) is 16.8 Å². The number of carbonyl (C=O) groups is 3. The van der Waals surface area contributed by atoms with Gasteiger partial charge in [-0.2, -0.15) is 0 Å². The van der Waals surface area contributed by atoms with Gasteiger partial charge < -0.3 is 19.8 Å². The molecule has 8 heteroatoms. The molecule has 29 heavy (non-hydrogen) atoms. The summed E-state index contributed by atoms with van der Waals surface area (Å²) in [7, 11) is 1.24. The van der Waals surface area contributed by atoms with Gasteiger partial charge in [-0.1, -0.05) is 24.3 Å². The SMILES string of the molecule is COC(=O)CNC(=O)c1cccc(NC(=O)c2oc(-c3ccccc3)nc2C)c1. The number of nitrogens with zero attached hydrogens (tertiary/aromatic N) is 1. The highest BCUT2D eigenvalue weighted by Gasteiger charge is 2.19. The van der Waals surface area contributed by atoms with Gasteiger partial charge >= 0.3 is 5.97 Å². The fraction of sp³-hybridized carbons (Fsp3) is 0.143. The van der Waals surface area contributed by atoms with Gasteiger partial charge in [0.25, 0.3) is 11.8 Å². The van der Waals surface area contributed by atoms with Crippen molar-refractivity contribution in [3.63, 3.8) is 0 Å². The molecule has 0 aliphatic rings. The molecule has 0 unspecified atom stereocenters. The number of aryl methyl sites for hydroxylation is 1. The van der Waals surface area contributed by atoms with Gasteiger partial charge in [-0.05, 0) is 37.3 Å². The van der Waals surface area contributed by atoms with E-state index in [0.717, 1.165) is 5.56 Å². The number of hydrogen-bond donors (Lipinski definition) is 2. The molecule has 0 aliphatic heterocycles. The molecular formula is C21H19N3O5. The van der Waals surface area contributed by atoms with Crippen LogP contribution in [0, 0.1) is 6.92 Å². The van der Waals surface area contributed by atoms with Gasteiger partial charge in [-0.3, -0.25) is 14.4 Å². The van der Waals surface area contributed by atoms with E-state index in [1.807, 2.05) is 30.3 Å². The Balaban J connectivity index is 1.72. The minimum Gasteiger partial charge on any atom is -0.468 e. The summed E-state index contributed by atoms with van der Waals surface area (Å²) < 4.78 is 10.1. The van der Waals surface area contributed by atoms with Crippen molar-refractivity contribution < 1.29 is 23.5 Å². The molecule has 0 saturated heterocycles. The number of amides is 2. The van der Waals surface area contributed by atoms with Gasteiger partial charge in [0.2, 0.25) is 11.7 Å². The van der Waals surface area contributed by atoms with Crippen molar-refractivity contribution in [1.82, 2.24) is 10.3 Å². The second-order valence-corrected chi connectivity index (χ2v) is 6.09. The number of ether oxygens (including phenoxy) is 1. The summed E-state index contributed by atoms with van der Waals surface area (Å²) in [5.41, 5.74) is 1.90. The van der Waals surface area contributed by atoms with Crippen molar-refractivity contribution in [3.8, 4) is 11.5 Å². The maximum Gasteiger partial charge on any atom is 0.325 e. The first kappa shape index (κ1) is 19.8. The van der Waals surface area contributed by atoms with Crippen LogP contribution in [-0.2, 0) is 9.53 Å². The largest absolute Gasteiger partial charge is 0.468 e. The average molecular weight is 393 g/mol. The van der Waals surface area contributed by atoms with Gasteiger partial charge in [-0.25, -0.2) is 4.98 Å². The Morgan fingerprint density at radius 1 is 1.03 bits per heavy atom. The van der Waals surface area contributed by atoms with E-state index in [1.54, 1.807) is 25.1 Å². The van der Waals surface area contributed by atoms with Crippen LogP contribution in [0.15, 0.2) is 59.0 Å². The zero-order chi connectivity index (χ0) is 20.8. The number of aromatic nitrogens is 1. The van der Waals surface area contributed by atoms with E-state index in [4.69, 9.17) is 4.42 Å². The molecule has 2 amide bonds. The molecule has 148 valence electrons. The lowest BCUT2D eigenvalue weighted by Gasteiger charge is -2.07. The normalized spacial score (nSPS) is 10.3. The topological polar surface area (TPSA) is 111 Å². The van der Waals surface area contributed by atoms with Crippen LogP contribution >= 0.6 is 0 Å². The zero-order valence-corrected chi connectivity index (χ0v) is 15.9. The second kappa shape index (κ2) is 8.83. The van der Waals surface area contributed by atoms with Crippen LogP contribution in [0.5, 0.6) is 0 Å². The summed E-state index contributed by atoms with van der Waals surface area (Å²) >= 11 is 0. The van der Waals surface area contributed by atoms with Crippen LogP contribution in [0.25, 0.3) is 11.5 Å². The molecule has 2 aromatic carbocycles. The van der Waals surface area contributed by atoms with Crippen molar-refractivity contribution in [2.45, 2.75) is 6.92 Å². The second-order valence-electron chi connectivity index (χ2n) is 6.09. The number of hydrogen-bond acceptors (Lipinski definition) is 6. The number of esters is 1. The fourth-order valence-electron chi connectivity index (χ4n) is 2.56. The molecule has 0 atom stereocenters. The summed E-state index contributed by atoms with van der Waals surface area (Å²) in [6.45, 7) is 1.44. The molecule has 1 heterocycles. The predicted octanol–water partition coefficient (Wildman–Crippen LogP) is 2.81. The summed E-state index contributed by atoms with van der Waals surface area (Å²) in [5.74, 6) is -1.07. The first-order chi connectivity index (χ1) is 14.0. The van der Waals surface area contributed by atoms with E-state index in [-0.39, 0.29) is 17.9 Å². The number of rotatable bonds is 6. The molecule has 1 aromatic heterocycles. The molecular weight excluding hydrogens is 374 g/mol. The van der Waals surface area contributed by atoms with Crippen LogP contribution in [0.2, 0.25) is 0 Å². The number of oxazole rings is 1. The summed E-state index contributed by atoms with van der Waals surface area (Å²) in [6.07, 6.45) is 0. The van der Waals surface area contributed by atoms with E-state index in [2.05, 4.69) is 20.4 Å². The monoisotopic (exact) mass is 393 g/mol. The minimum absolute atomic E-state index is 0.0874. The Morgan fingerprint density at radius 3 is 2.52 bits per heavy atom. The Hall–Kier alpha value is -3.94. The maximum atomic E-state index is 12.6. The molecule has 3 rings (SSSR count). The van der Waals surface area contributed by atoms with E-state index < -0.39 is 17.8 Å². The van der Waals surface area contributed by atoms with Crippen molar-refractivity contribution in [2.24, 2.45) is 0 Å². The van der Waals surface area contributed by atoms with E-state index in [0.29, 0.717) is 17.3 Å². The van der Waals surface area contributed by atoms with Crippen LogP contribution < -0.4 is 10.6 Å². The Morgan fingerprint density at radius 2 is 1.79 bits per heavy atom. The van der Waals surface area contributed by atoms with E-state index in [9.17, 15) is 14.4 Å². The third kappa shape index (κ3) is 4.86. The van der Waals surface area contributed by atoms with Crippen LogP contribution in [-0.4, -0.2) is 36.4 Å². The fourth-order valence-corrected chi connectivity index (χ4v) is 2.56. The summed E-state index contributed by atoms with van der Waals surface area (Å²) in [4.78, 5) is 40.2. The van der Waals surface area contributed by atoms with Gasteiger partial charge in [-0.15, -0.1) is 0 Å². The smallest absolute Gasteiger partial charge is 0.325 e. The highest BCUT2D eigenvalue weighted by Crippen LogP contribution is 2.22. The predicted molar refractivity (Wildman–Crippen MR) is 105 cm³/mol. The third-order valence-electron chi connectivity index (χ3n) is 4.03. The molecule has 0 spiro atoms. The molecule has 8 nitrogen and oxygen atoms in total. The van der Waals surface area contributed by atoms with Crippen molar-refractivity contribution in [3.05, 3.63) is 71.6 Å².